The van der Waals surface area contributed by atoms with Gasteiger partial charge in [-0.2, -0.15) is 13.2 Å². The smallest absolute Gasteiger partial charge is 0.411 e. The molecule has 0 fully saturated rings. The fourth-order valence-corrected chi connectivity index (χ4v) is 1.56. The van der Waals surface area contributed by atoms with Crippen LogP contribution in [0.15, 0.2) is 24.3 Å². The lowest BCUT2D eigenvalue weighted by Crippen LogP contribution is -2.18. The standard InChI is InChI=1S/C14H20F3NO2/c1-11(18-2)12-4-6-13(7-5-12)20-9-3-8-19-10-14(15,16)17/h4-7,11,18H,3,8-10H2,1-2H3. The van der Waals surface area contributed by atoms with Crippen molar-refractivity contribution >= 4 is 0 Å². The van der Waals surface area contributed by atoms with Crippen molar-refractivity contribution in [3.63, 3.8) is 0 Å². The van der Waals surface area contributed by atoms with Gasteiger partial charge >= 0.3 is 6.18 Å². The monoisotopic (exact) mass is 291 g/mol. The number of hydrogen-bond donors (Lipinski definition) is 1. The lowest BCUT2D eigenvalue weighted by atomic mass is 10.1. The molecular formula is C14H20F3NO2. The van der Waals surface area contributed by atoms with Gasteiger partial charge in [-0.3, -0.25) is 0 Å². The Morgan fingerprint density at radius 3 is 2.35 bits per heavy atom. The van der Waals surface area contributed by atoms with E-state index in [2.05, 4.69) is 10.1 Å². The summed E-state index contributed by atoms with van der Waals surface area (Å²) in [6, 6.07) is 7.87. The molecule has 0 aliphatic rings. The van der Waals surface area contributed by atoms with E-state index in [1.165, 1.54) is 0 Å². The van der Waals surface area contributed by atoms with Crippen LogP contribution in [0.4, 0.5) is 13.2 Å². The van der Waals surface area contributed by atoms with Crippen molar-refractivity contribution in [2.75, 3.05) is 26.9 Å². The second kappa shape index (κ2) is 8.11. The molecule has 0 aliphatic heterocycles. The predicted molar refractivity (Wildman–Crippen MR) is 70.9 cm³/mol. The van der Waals surface area contributed by atoms with E-state index in [0.29, 0.717) is 18.8 Å². The molecule has 1 atom stereocenters. The van der Waals surface area contributed by atoms with Crippen LogP contribution in [0.2, 0.25) is 0 Å². The number of ether oxygens (including phenoxy) is 2. The Hall–Kier alpha value is -1.27. The summed E-state index contributed by atoms with van der Waals surface area (Å²) < 4.78 is 45.3. The highest BCUT2D eigenvalue weighted by molar-refractivity contribution is 5.28. The van der Waals surface area contributed by atoms with Crippen LogP contribution in [0.25, 0.3) is 0 Å². The van der Waals surface area contributed by atoms with Crippen LogP contribution >= 0.6 is 0 Å². The predicted octanol–water partition coefficient (Wildman–Crippen LogP) is 3.31. The minimum atomic E-state index is -4.26. The van der Waals surface area contributed by atoms with Crippen molar-refractivity contribution < 1.29 is 22.6 Å². The van der Waals surface area contributed by atoms with E-state index in [4.69, 9.17) is 4.74 Å². The van der Waals surface area contributed by atoms with E-state index >= 15 is 0 Å². The lowest BCUT2D eigenvalue weighted by Gasteiger charge is -2.12. The van der Waals surface area contributed by atoms with Crippen molar-refractivity contribution in [1.82, 2.24) is 5.32 Å². The van der Waals surface area contributed by atoms with Gasteiger partial charge in [0.25, 0.3) is 0 Å². The first kappa shape index (κ1) is 16.8. The Balaban J connectivity index is 2.19. The number of hydrogen-bond acceptors (Lipinski definition) is 3. The number of nitrogens with one attached hydrogen (secondary N) is 1. The largest absolute Gasteiger partial charge is 0.494 e. The molecular weight excluding hydrogens is 271 g/mol. The van der Waals surface area contributed by atoms with Crippen molar-refractivity contribution in [2.45, 2.75) is 25.6 Å². The molecule has 1 aromatic rings. The maximum Gasteiger partial charge on any atom is 0.411 e. The van der Waals surface area contributed by atoms with Gasteiger partial charge in [0, 0.05) is 12.5 Å². The van der Waals surface area contributed by atoms with Crippen molar-refractivity contribution in [2.24, 2.45) is 0 Å². The highest BCUT2D eigenvalue weighted by Crippen LogP contribution is 2.17. The third-order valence-electron chi connectivity index (χ3n) is 2.78. The van der Waals surface area contributed by atoms with Gasteiger partial charge in [0.2, 0.25) is 0 Å². The summed E-state index contributed by atoms with van der Waals surface area (Å²) in [7, 11) is 1.88. The maximum absolute atomic E-state index is 11.8. The Morgan fingerprint density at radius 2 is 1.80 bits per heavy atom. The molecule has 0 aliphatic carbocycles. The summed E-state index contributed by atoms with van der Waals surface area (Å²) in [5.74, 6) is 0.702. The van der Waals surface area contributed by atoms with E-state index < -0.39 is 12.8 Å². The first-order valence-corrected chi connectivity index (χ1v) is 6.47. The molecule has 0 saturated carbocycles. The summed E-state index contributed by atoms with van der Waals surface area (Å²) in [6.07, 6.45) is -3.84. The van der Waals surface area contributed by atoms with Crippen molar-refractivity contribution in [3.8, 4) is 5.75 Å². The topological polar surface area (TPSA) is 30.5 Å². The van der Waals surface area contributed by atoms with Gasteiger partial charge < -0.3 is 14.8 Å². The van der Waals surface area contributed by atoms with E-state index in [9.17, 15) is 13.2 Å². The third-order valence-corrected chi connectivity index (χ3v) is 2.78. The molecule has 0 bridgehead atoms. The van der Waals surface area contributed by atoms with Crippen LogP contribution in [-0.4, -0.2) is 33.0 Å². The molecule has 0 heterocycles. The van der Waals surface area contributed by atoms with Crippen LogP contribution in [0.1, 0.15) is 24.9 Å². The lowest BCUT2D eigenvalue weighted by molar-refractivity contribution is -0.174. The molecule has 1 unspecified atom stereocenters. The molecule has 1 N–H and O–H groups in total. The van der Waals surface area contributed by atoms with E-state index in [1.807, 2.05) is 38.2 Å². The van der Waals surface area contributed by atoms with Gasteiger partial charge in [-0.25, -0.2) is 0 Å². The summed E-state index contributed by atoms with van der Waals surface area (Å²) in [4.78, 5) is 0. The Labute approximate surface area is 117 Å². The van der Waals surface area contributed by atoms with Crippen LogP contribution in [0, 0.1) is 0 Å². The van der Waals surface area contributed by atoms with Gasteiger partial charge in [0.1, 0.15) is 12.4 Å². The number of rotatable bonds is 8. The second-order valence-corrected chi connectivity index (χ2v) is 4.45. The van der Waals surface area contributed by atoms with Crippen LogP contribution in [-0.2, 0) is 4.74 Å². The van der Waals surface area contributed by atoms with Crippen LogP contribution in [0.3, 0.4) is 0 Å². The van der Waals surface area contributed by atoms with Crippen molar-refractivity contribution in [1.29, 1.82) is 0 Å². The minimum Gasteiger partial charge on any atom is -0.494 e. The normalized spacial score (nSPS) is 13.2. The summed E-state index contributed by atoms with van der Waals surface area (Å²) in [5.41, 5.74) is 1.15. The van der Waals surface area contributed by atoms with Gasteiger partial charge in [-0.15, -0.1) is 0 Å². The van der Waals surface area contributed by atoms with Crippen LogP contribution in [0.5, 0.6) is 5.75 Å². The Bertz CT molecular complexity index is 379. The molecule has 0 aromatic heterocycles. The van der Waals surface area contributed by atoms with E-state index in [0.717, 1.165) is 5.56 Å². The van der Waals surface area contributed by atoms with Gasteiger partial charge in [0.05, 0.1) is 13.2 Å². The average Bonchev–Trinajstić information content (AvgIpc) is 2.41. The summed E-state index contributed by atoms with van der Waals surface area (Å²) in [5, 5.41) is 3.13. The zero-order valence-electron chi connectivity index (χ0n) is 11.7. The van der Waals surface area contributed by atoms with Gasteiger partial charge in [-0.1, -0.05) is 12.1 Å². The van der Waals surface area contributed by atoms with Gasteiger partial charge in [0.15, 0.2) is 0 Å². The van der Waals surface area contributed by atoms with Crippen LogP contribution < -0.4 is 10.1 Å². The Morgan fingerprint density at radius 1 is 1.15 bits per heavy atom. The molecule has 0 saturated heterocycles. The van der Waals surface area contributed by atoms with Gasteiger partial charge in [-0.05, 0) is 31.7 Å². The molecule has 20 heavy (non-hydrogen) atoms. The minimum absolute atomic E-state index is 0.0361. The number of alkyl halides is 3. The van der Waals surface area contributed by atoms with E-state index in [1.54, 1.807) is 0 Å². The molecule has 1 aromatic carbocycles. The molecule has 0 radical (unpaired) electrons. The fraction of sp³-hybridized carbons (Fsp3) is 0.571. The van der Waals surface area contributed by atoms with Crippen molar-refractivity contribution in [3.05, 3.63) is 29.8 Å². The zero-order chi connectivity index (χ0) is 15.0. The molecule has 6 heteroatoms. The second-order valence-electron chi connectivity index (χ2n) is 4.45. The average molecular weight is 291 g/mol. The molecule has 0 amide bonds. The molecule has 114 valence electrons. The quantitative estimate of drug-likeness (QED) is 0.745. The number of benzene rings is 1. The Kier molecular flexibility index (Phi) is 6.81. The maximum atomic E-state index is 11.8. The zero-order valence-corrected chi connectivity index (χ0v) is 11.7. The molecule has 3 nitrogen and oxygen atoms in total. The first-order valence-electron chi connectivity index (χ1n) is 6.47. The fourth-order valence-electron chi connectivity index (χ4n) is 1.56. The summed E-state index contributed by atoms with van der Waals surface area (Å²) >= 11 is 0. The highest BCUT2D eigenvalue weighted by atomic mass is 19.4. The number of halogens is 3. The van der Waals surface area contributed by atoms with E-state index in [-0.39, 0.29) is 12.6 Å². The third kappa shape index (κ3) is 6.77. The summed E-state index contributed by atoms with van der Waals surface area (Å²) in [6.45, 7) is 1.21. The first-order chi connectivity index (χ1) is 9.42. The highest BCUT2D eigenvalue weighted by Gasteiger charge is 2.27. The molecule has 1 rings (SSSR count). The molecule has 0 spiro atoms. The SMILES string of the molecule is CNC(C)c1ccc(OCCCOCC(F)(F)F)cc1.